The van der Waals surface area contributed by atoms with Crippen LogP contribution in [0, 0.1) is 13.8 Å². The van der Waals surface area contributed by atoms with Crippen LogP contribution in [0.1, 0.15) is 55.0 Å². The van der Waals surface area contributed by atoms with Gasteiger partial charge < -0.3 is 4.90 Å². The summed E-state index contributed by atoms with van der Waals surface area (Å²) in [5.41, 5.74) is 4.97. The van der Waals surface area contributed by atoms with Crippen molar-refractivity contribution >= 4 is 21.6 Å². The SMILES string of the molecule is CCC(=O)N1CCc2cc(S(=O)(=O)N[C@@H](CC)c3ccc(C)cc3C)ccc21. The highest BCUT2D eigenvalue weighted by molar-refractivity contribution is 7.89. The van der Waals surface area contributed by atoms with Crippen molar-refractivity contribution in [2.45, 2.75) is 57.9 Å². The van der Waals surface area contributed by atoms with Crippen LogP contribution in [-0.2, 0) is 21.2 Å². The van der Waals surface area contributed by atoms with Crippen molar-refractivity contribution < 1.29 is 13.2 Å². The van der Waals surface area contributed by atoms with Crippen LogP contribution < -0.4 is 9.62 Å². The number of carbonyl (C=O) groups excluding carboxylic acids is 1. The second-order valence-corrected chi connectivity index (χ2v) is 9.10. The molecule has 6 heteroatoms. The average Bonchev–Trinajstić information content (AvgIpc) is 3.09. The van der Waals surface area contributed by atoms with Crippen LogP contribution in [0.3, 0.4) is 0 Å². The predicted molar refractivity (Wildman–Crippen MR) is 112 cm³/mol. The van der Waals surface area contributed by atoms with E-state index in [9.17, 15) is 13.2 Å². The Labute approximate surface area is 167 Å². The molecule has 0 saturated heterocycles. The number of sulfonamides is 1. The summed E-state index contributed by atoms with van der Waals surface area (Å²) in [6.45, 7) is 8.45. The molecule has 3 rings (SSSR count). The number of amides is 1. The molecule has 0 aromatic heterocycles. The van der Waals surface area contributed by atoms with Crippen molar-refractivity contribution in [1.29, 1.82) is 0 Å². The Morgan fingerprint density at radius 1 is 1.14 bits per heavy atom. The fraction of sp³-hybridized carbons (Fsp3) is 0.409. The first-order valence-corrected chi connectivity index (χ1v) is 11.3. The molecule has 0 radical (unpaired) electrons. The third-order valence-electron chi connectivity index (χ3n) is 5.37. The van der Waals surface area contributed by atoms with E-state index in [1.807, 2.05) is 39.8 Å². The van der Waals surface area contributed by atoms with Gasteiger partial charge in [-0.3, -0.25) is 4.79 Å². The molecule has 28 heavy (non-hydrogen) atoms. The molecule has 2 aromatic rings. The lowest BCUT2D eigenvalue weighted by molar-refractivity contribution is -0.118. The molecule has 0 bridgehead atoms. The molecule has 150 valence electrons. The molecule has 0 saturated carbocycles. The van der Waals surface area contributed by atoms with E-state index in [2.05, 4.69) is 10.8 Å². The van der Waals surface area contributed by atoms with Gasteiger partial charge in [-0.25, -0.2) is 13.1 Å². The third kappa shape index (κ3) is 3.98. The largest absolute Gasteiger partial charge is 0.312 e. The number of benzene rings is 2. The molecule has 0 aliphatic carbocycles. The highest BCUT2D eigenvalue weighted by Gasteiger charge is 2.27. The number of aryl methyl sites for hydroxylation is 2. The number of anilines is 1. The fourth-order valence-corrected chi connectivity index (χ4v) is 5.18. The topological polar surface area (TPSA) is 66.5 Å². The van der Waals surface area contributed by atoms with Gasteiger partial charge in [-0.1, -0.05) is 37.6 Å². The lowest BCUT2D eigenvalue weighted by Crippen LogP contribution is -2.29. The van der Waals surface area contributed by atoms with E-state index in [0.29, 0.717) is 25.8 Å². The summed E-state index contributed by atoms with van der Waals surface area (Å²) in [4.78, 5) is 14.0. The smallest absolute Gasteiger partial charge is 0.241 e. The van der Waals surface area contributed by atoms with Crippen LogP contribution in [0.4, 0.5) is 5.69 Å². The molecule has 0 spiro atoms. The number of carbonyl (C=O) groups is 1. The van der Waals surface area contributed by atoms with Crippen LogP contribution in [0.5, 0.6) is 0 Å². The minimum Gasteiger partial charge on any atom is -0.312 e. The number of fused-ring (bicyclic) bond motifs is 1. The minimum atomic E-state index is -3.66. The number of hydrogen-bond acceptors (Lipinski definition) is 3. The van der Waals surface area contributed by atoms with Crippen molar-refractivity contribution in [2.75, 3.05) is 11.4 Å². The summed E-state index contributed by atoms with van der Waals surface area (Å²) in [6.07, 6.45) is 1.78. The van der Waals surface area contributed by atoms with Gasteiger partial charge in [0.15, 0.2) is 0 Å². The number of hydrogen-bond donors (Lipinski definition) is 1. The predicted octanol–water partition coefficient (Wildman–Crippen LogP) is 4.03. The first-order valence-electron chi connectivity index (χ1n) is 9.79. The highest BCUT2D eigenvalue weighted by Crippen LogP contribution is 2.31. The van der Waals surface area contributed by atoms with Gasteiger partial charge in [0, 0.05) is 24.7 Å². The van der Waals surface area contributed by atoms with E-state index in [-0.39, 0.29) is 16.8 Å². The fourth-order valence-electron chi connectivity index (χ4n) is 3.83. The van der Waals surface area contributed by atoms with Gasteiger partial charge in [0.05, 0.1) is 4.90 Å². The van der Waals surface area contributed by atoms with Crippen LogP contribution >= 0.6 is 0 Å². The quantitative estimate of drug-likeness (QED) is 0.796. The van der Waals surface area contributed by atoms with Gasteiger partial charge in [0.1, 0.15) is 0 Å². The van der Waals surface area contributed by atoms with Gasteiger partial charge in [-0.2, -0.15) is 0 Å². The molecule has 1 aliphatic heterocycles. The normalized spacial score (nSPS) is 14.8. The van der Waals surface area contributed by atoms with E-state index in [0.717, 1.165) is 27.9 Å². The van der Waals surface area contributed by atoms with Crippen molar-refractivity contribution in [1.82, 2.24) is 4.72 Å². The highest BCUT2D eigenvalue weighted by atomic mass is 32.2. The third-order valence-corrected chi connectivity index (χ3v) is 6.84. The Kier molecular flexibility index (Phi) is 5.91. The van der Waals surface area contributed by atoms with Crippen LogP contribution in [0.25, 0.3) is 0 Å². The van der Waals surface area contributed by atoms with E-state index in [1.54, 1.807) is 23.1 Å². The van der Waals surface area contributed by atoms with E-state index in [1.165, 1.54) is 0 Å². The minimum absolute atomic E-state index is 0.0633. The zero-order valence-electron chi connectivity index (χ0n) is 17.0. The molecule has 0 unspecified atom stereocenters. The maximum atomic E-state index is 13.0. The van der Waals surface area contributed by atoms with Crippen molar-refractivity contribution in [3.63, 3.8) is 0 Å². The van der Waals surface area contributed by atoms with Gasteiger partial charge in [0.25, 0.3) is 0 Å². The monoisotopic (exact) mass is 400 g/mol. The standard InChI is InChI=1S/C22H28N2O3S/c1-5-20(19-9-7-15(3)13-16(19)4)23-28(26,27)18-8-10-21-17(14-18)11-12-24(21)22(25)6-2/h7-10,13-14,20,23H,5-6,11-12H2,1-4H3/t20-/m0/s1. The van der Waals surface area contributed by atoms with Gasteiger partial charge >= 0.3 is 0 Å². The Morgan fingerprint density at radius 3 is 2.54 bits per heavy atom. The van der Waals surface area contributed by atoms with Crippen molar-refractivity contribution in [3.05, 3.63) is 58.7 Å². The lowest BCUT2D eigenvalue weighted by Gasteiger charge is -2.20. The van der Waals surface area contributed by atoms with Crippen LogP contribution in [0.15, 0.2) is 41.3 Å². The molecule has 2 aromatic carbocycles. The number of nitrogens with one attached hydrogen (secondary N) is 1. The Bertz CT molecular complexity index is 999. The Hall–Kier alpha value is -2.18. The molecule has 5 nitrogen and oxygen atoms in total. The number of rotatable bonds is 6. The molecule has 1 amide bonds. The summed E-state index contributed by atoms with van der Waals surface area (Å²) in [6, 6.07) is 10.8. The summed E-state index contributed by atoms with van der Waals surface area (Å²) >= 11 is 0. The average molecular weight is 401 g/mol. The zero-order chi connectivity index (χ0) is 20.5. The van der Waals surface area contributed by atoms with Gasteiger partial charge in [-0.15, -0.1) is 0 Å². The lowest BCUT2D eigenvalue weighted by atomic mass is 9.98. The van der Waals surface area contributed by atoms with Crippen LogP contribution in [-0.4, -0.2) is 20.9 Å². The summed E-state index contributed by atoms with van der Waals surface area (Å²) < 4.78 is 28.9. The summed E-state index contributed by atoms with van der Waals surface area (Å²) in [5.74, 6) is 0.0633. The van der Waals surface area contributed by atoms with E-state index in [4.69, 9.17) is 0 Å². The van der Waals surface area contributed by atoms with Gasteiger partial charge in [0.2, 0.25) is 15.9 Å². The maximum Gasteiger partial charge on any atom is 0.241 e. The van der Waals surface area contributed by atoms with E-state index < -0.39 is 10.0 Å². The van der Waals surface area contributed by atoms with Crippen molar-refractivity contribution in [3.8, 4) is 0 Å². The number of nitrogens with zero attached hydrogens (tertiary/aromatic N) is 1. The first kappa shape index (κ1) is 20.6. The molecule has 1 atom stereocenters. The van der Waals surface area contributed by atoms with Gasteiger partial charge in [-0.05, 0) is 61.6 Å². The molecular weight excluding hydrogens is 372 g/mol. The molecule has 1 heterocycles. The Morgan fingerprint density at radius 2 is 1.89 bits per heavy atom. The molecule has 0 fully saturated rings. The first-order chi connectivity index (χ1) is 13.3. The van der Waals surface area contributed by atoms with E-state index >= 15 is 0 Å². The maximum absolute atomic E-state index is 13.0. The zero-order valence-corrected chi connectivity index (χ0v) is 17.8. The molecule has 1 aliphatic rings. The Balaban J connectivity index is 1.88. The summed E-state index contributed by atoms with van der Waals surface area (Å²) in [5, 5.41) is 0. The second kappa shape index (κ2) is 8.05. The molecule has 1 N–H and O–H groups in total. The molecular formula is C22H28N2O3S. The van der Waals surface area contributed by atoms with Crippen LogP contribution in [0.2, 0.25) is 0 Å². The summed E-state index contributed by atoms with van der Waals surface area (Å²) in [7, 11) is -3.66. The van der Waals surface area contributed by atoms with Crippen molar-refractivity contribution in [2.24, 2.45) is 0 Å². The second-order valence-electron chi connectivity index (χ2n) is 7.38.